The van der Waals surface area contributed by atoms with E-state index in [2.05, 4.69) is 23.7 Å². The van der Waals surface area contributed by atoms with Gasteiger partial charge < -0.3 is 10.0 Å². The molecular weight excluding hydrogens is 236 g/mol. The van der Waals surface area contributed by atoms with Crippen molar-refractivity contribution in [3.8, 4) is 0 Å². The van der Waals surface area contributed by atoms with Crippen LogP contribution in [0.25, 0.3) is 0 Å². The lowest BCUT2D eigenvalue weighted by atomic mass is 10.1. The van der Waals surface area contributed by atoms with Crippen LogP contribution in [0.15, 0.2) is 18.3 Å². The molecule has 1 aliphatic rings. The molecule has 17 heavy (non-hydrogen) atoms. The van der Waals surface area contributed by atoms with Crippen molar-refractivity contribution in [3.05, 3.63) is 23.9 Å². The van der Waals surface area contributed by atoms with Crippen LogP contribution in [0.3, 0.4) is 0 Å². The summed E-state index contributed by atoms with van der Waals surface area (Å²) in [5.74, 6) is 0.681. The summed E-state index contributed by atoms with van der Waals surface area (Å²) >= 11 is 1.92. The Hall–Kier alpha value is -1.23. The summed E-state index contributed by atoms with van der Waals surface area (Å²) in [6.45, 7) is 6.03. The van der Waals surface area contributed by atoms with Gasteiger partial charge in [0.25, 0.3) is 0 Å². The van der Waals surface area contributed by atoms with Crippen molar-refractivity contribution in [1.29, 1.82) is 0 Å². The second kappa shape index (κ2) is 4.56. The van der Waals surface area contributed by atoms with E-state index in [0.717, 1.165) is 18.8 Å². The molecule has 0 aliphatic carbocycles. The average molecular weight is 252 g/mol. The first-order valence-electron chi connectivity index (χ1n) is 5.57. The number of nitrogens with zero attached hydrogens (tertiary/aromatic N) is 2. The molecule has 1 aromatic rings. The van der Waals surface area contributed by atoms with Crippen molar-refractivity contribution in [2.24, 2.45) is 0 Å². The third-order valence-corrected chi connectivity index (χ3v) is 4.04. The zero-order valence-electron chi connectivity index (χ0n) is 10.0. The van der Waals surface area contributed by atoms with Crippen molar-refractivity contribution >= 4 is 23.5 Å². The predicted molar refractivity (Wildman–Crippen MR) is 69.9 cm³/mol. The summed E-state index contributed by atoms with van der Waals surface area (Å²) in [5.41, 5.74) is 0.287. The fraction of sp³-hybridized carbons (Fsp3) is 0.500. The largest absolute Gasteiger partial charge is 0.478 e. The first-order valence-corrected chi connectivity index (χ1v) is 6.55. The molecule has 0 radical (unpaired) electrons. The number of carboxylic acids is 1. The highest BCUT2D eigenvalue weighted by molar-refractivity contribution is 8.00. The number of aromatic carboxylic acids is 1. The Morgan fingerprint density at radius 3 is 3.00 bits per heavy atom. The van der Waals surface area contributed by atoms with Crippen molar-refractivity contribution in [3.63, 3.8) is 0 Å². The molecule has 0 aromatic carbocycles. The molecule has 5 heteroatoms. The van der Waals surface area contributed by atoms with Crippen molar-refractivity contribution in [2.75, 3.05) is 23.7 Å². The van der Waals surface area contributed by atoms with Crippen LogP contribution in [-0.4, -0.2) is 39.6 Å². The van der Waals surface area contributed by atoms with E-state index in [9.17, 15) is 4.79 Å². The topological polar surface area (TPSA) is 53.4 Å². The highest BCUT2D eigenvalue weighted by atomic mass is 32.2. The molecule has 1 N–H and O–H groups in total. The third kappa shape index (κ3) is 2.72. The first kappa shape index (κ1) is 12.2. The molecule has 0 amide bonds. The van der Waals surface area contributed by atoms with Gasteiger partial charge in [0, 0.05) is 29.8 Å². The minimum Gasteiger partial charge on any atom is -0.478 e. The summed E-state index contributed by atoms with van der Waals surface area (Å²) in [5, 5.41) is 9.15. The zero-order chi connectivity index (χ0) is 12.5. The van der Waals surface area contributed by atoms with E-state index < -0.39 is 5.97 Å². The number of thioether (sulfide) groups is 1. The minimum absolute atomic E-state index is 0.144. The average Bonchev–Trinajstić information content (AvgIpc) is 2.27. The molecule has 2 rings (SSSR count). The maximum atomic E-state index is 11.2. The summed E-state index contributed by atoms with van der Waals surface area (Å²) in [7, 11) is 0. The number of hydrogen-bond acceptors (Lipinski definition) is 4. The van der Waals surface area contributed by atoms with E-state index in [1.807, 2.05) is 11.8 Å². The molecule has 4 nitrogen and oxygen atoms in total. The van der Waals surface area contributed by atoms with Crippen LogP contribution in [0.2, 0.25) is 0 Å². The van der Waals surface area contributed by atoms with Gasteiger partial charge in [0.15, 0.2) is 0 Å². The molecule has 0 saturated carbocycles. The second-order valence-electron chi connectivity index (χ2n) is 4.71. The lowest BCUT2D eigenvalue weighted by Gasteiger charge is -2.38. The number of carbonyl (C=O) groups is 1. The first-order chi connectivity index (χ1) is 7.99. The van der Waals surface area contributed by atoms with Gasteiger partial charge in [-0.3, -0.25) is 0 Å². The molecule has 1 saturated heterocycles. The van der Waals surface area contributed by atoms with E-state index in [1.54, 1.807) is 18.3 Å². The van der Waals surface area contributed by atoms with Gasteiger partial charge in [0.05, 0.1) is 0 Å². The Morgan fingerprint density at radius 1 is 1.59 bits per heavy atom. The maximum absolute atomic E-state index is 11.2. The SMILES string of the molecule is CC1(C)CN(c2ncccc2C(=O)O)CCS1. The summed E-state index contributed by atoms with van der Waals surface area (Å²) < 4.78 is 0.144. The molecule has 0 spiro atoms. The Balaban J connectivity index is 2.30. The maximum Gasteiger partial charge on any atom is 0.339 e. The van der Waals surface area contributed by atoms with Gasteiger partial charge in [-0.15, -0.1) is 0 Å². The molecule has 0 bridgehead atoms. The van der Waals surface area contributed by atoms with Gasteiger partial charge in [-0.1, -0.05) is 0 Å². The quantitative estimate of drug-likeness (QED) is 0.873. The fourth-order valence-corrected chi connectivity index (χ4v) is 3.12. The monoisotopic (exact) mass is 252 g/mol. The Bertz CT molecular complexity index is 434. The summed E-state index contributed by atoms with van der Waals surface area (Å²) in [6.07, 6.45) is 1.65. The number of hydrogen-bond donors (Lipinski definition) is 1. The number of carboxylic acid groups (broad SMARTS) is 1. The lowest BCUT2D eigenvalue weighted by Crippen LogP contribution is -2.44. The number of rotatable bonds is 2. The fourth-order valence-electron chi connectivity index (χ4n) is 2.01. The van der Waals surface area contributed by atoms with Gasteiger partial charge in [-0.2, -0.15) is 11.8 Å². The Kier molecular flexibility index (Phi) is 3.28. The van der Waals surface area contributed by atoms with Crippen LogP contribution < -0.4 is 4.90 Å². The van der Waals surface area contributed by atoms with Gasteiger partial charge in [0.1, 0.15) is 11.4 Å². The van der Waals surface area contributed by atoms with Crippen LogP contribution in [0.5, 0.6) is 0 Å². The second-order valence-corrected chi connectivity index (χ2v) is 6.51. The lowest BCUT2D eigenvalue weighted by molar-refractivity contribution is 0.0697. The van der Waals surface area contributed by atoms with Crippen LogP contribution in [0.1, 0.15) is 24.2 Å². The van der Waals surface area contributed by atoms with Crippen LogP contribution in [0, 0.1) is 0 Å². The normalized spacial score (nSPS) is 19.1. The van der Waals surface area contributed by atoms with Gasteiger partial charge in [0.2, 0.25) is 0 Å². The molecule has 1 fully saturated rings. The Labute approximate surface area is 105 Å². The third-order valence-electron chi connectivity index (χ3n) is 2.74. The zero-order valence-corrected chi connectivity index (χ0v) is 10.8. The molecule has 92 valence electrons. The van der Waals surface area contributed by atoms with Crippen LogP contribution >= 0.6 is 11.8 Å². The van der Waals surface area contributed by atoms with E-state index in [1.165, 1.54) is 0 Å². The molecule has 0 unspecified atom stereocenters. The molecule has 1 aromatic heterocycles. The van der Waals surface area contributed by atoms with Crippen molar-refractivity contribution in [2.45, 2.75) is 18.6 Å². The molecular formula is C12H16N2O2S. The molecule has 1 aliphatic heterocycles. The number of anilines is 1. The van der Waals surface area contributed by atoms with E-state index in [0.29, 0.717) is 5.82 Å². The predicted octanol–water partition coefficient (Wildman–Crippen LogP) is 2.11. The molecule has 0 atom stereocenters. The standard InChI is InChI=1S/C12H16N2O2S/c1-12(2)8-14(6-7-17-12)10-9(11(15)16)4-3-5-13-10/h3-5H,6-8H2,1-2H3,(H,15,16). The van der Waals surface area contributed by atoms with Crippen LogP contribution in [-0.2, 0) is 0 Å². The smallest absolute Gasteiger partial charge is 0.339 e. The Morgan fingerprint density at radius 2 is 2.35 bits per heavy atom. The van der Waals surface area contributed by atoms with E-state index in [-0.39, 0.29) is 10.3 Å². The van der Waals surface area contributed by atoms with E-state index in [4.69, 9.17) is 5.11 Å². The van der Waals surface area contributed by atoms with Crippen LogP contribution in [0.4, 0.5) is 5.82 Å². The van der Waals surface area contributed by atoms with Gasteiger partial charge in [-0.25, -0.2) is 9.78 Å². The van der Waals surface area contributed by atoms with Gasteiger partial charge in [-0.05, 0) is 26.0 Å². The molecule has 2 heterocycles. The number of aromatic nitrogens is 1. The van der Waals surface area contributed by atoms with Crippen molar-refractivity contribution < 1.29 is 9.90 Å². The number of pyridine rings is 1. The minimum atomic E-state index is -0.913. The summed E-state index contributed by atoms with van der Waals surface area (Å²) in [4.78, 5) is 17.4. The van der Waals surface area contributed by atoms with E-state index >= 15 is 0 Å². The summed E-state index contributed by atoms with van der Waals surface area (Å²) in [6, 6.07) is 3.27. The highest BCUT2D eigenvalue weighted by Gasteiger charge is 2.29. The van der Waals surface area contributed by atoms with Crippen molar-refractivity contribution in [1.82, 2.24) is 4.98 Å². The highest BCUT2D eigenvalue weighted by Crippen LogP contribution is 2.32. The van der Waals surface area contributed by atoms with Gasteiger partial charge >= 0.3 is 5.97 Å².